The fourth-order valence-corrected chi connectivity index (χ4v) is 2.76. The summed E-state index contributed by atoms with van der Waals surface area (Å²) in [6.07, 6.45) is 0. The fraction of sp³-hybridized carbons (Fsp3) is 0.211. The number of hydrogen-bond donors (Lipinski definition) is 1. The van der Waals surface area contributed by atoms with E-state index in [9.17, 15) is 0 Å². The summed E-state index contributed by atoms with van der Waals surface area (Å²) in [7, 11) is 1.65. The lowest BCUT2D eigenvalue weighted by Gasteiger charge is -2.01. The Bertz CT molecular complexity index is 858. The SMILES string of the molecule is COc1ccc(-c2cc(C[NH2+]Cc3ccc4c(c3)OCO4)on2)cc1. The predicted octanol–water partition coefficient (Wildman–Crippen LogP) is 2.34. The van der Waals surface area contributed by atoms with Crippen molar-refractivity contribution in [3.63, 3.8) is 0 Å². The molecule has 0 aliphatic carbocycles. The van der Waals surface area contributed by atoms with E-state index in [0.29, 0.717) is 6.79 Å². The molecule has 4 rings (SSSR count). The standard InChI is InChI=1S/C19H18N2O4/c1-22-15-5-3-14(4-6-15)17-9-16(25-21-17)11-20-10-13-2-7-18-19(8-13)24-12-23-18/h2-9,20H,10-12H2,1H3/p+1. The minimum absolute atomic E-state index is 0.300. The molecular weight excluding hydrogens is 320 g/mol. The highest BCUT2D eigenvalue weighted by atomic mass is 16.7. The molecule has 0 radical (unpaired) electrons. The lowest BCUT2D eigenvalue weighted by Crippen LogP contribution is -2.80. The van der Waals surface area contributed by atoms with Crippen LogP contribution in [0.15, 0.2) is 53.1 Å². The largest absolute Gasteiger partial charge is 0.497 e. The van der Waals surface area contributed by atoms with Crippen LogP contribution in [-0.4, -0.2) is 19.1 Å². The van der Waals surface area contributed by atoms with Crippen molar-refractivity contribution in [3.05, 3.63) is 59.9 Å². The van der Waals surface area contributed by atoms with Crippen molar-refractivity contribution in [2.45, 2.75) is 13.1 Å². The topological polar surface area (TPSA) is 70.3 Å². The van der Waals surface area contributed by atoms with Crippen LogP contribution in [0, 0.1) is 0 Å². The number of nitrogens with zero attached hydrogens (tertiary/aromatic N) is 1. The molecule has 0 atom stereocenters. The number of rotatable bonds is 6. The van der Waals surface area contributed by atoms with Gasteiger partial charge in [-0.15, -0.1) is 0 Å². The zero-order chi connectivity index (χ0) is 17.1. The highest BCUT2D eigenvalue weighted by molar-refractivity contribution is 5.59. The molecule has 0 spiro atoms. The molecule has 0 bridgehead atoms. The van der Waals surface area contributed by atoms with Crippen LogP contribution in [0.3, 0.4) is 0 Å². The van der Waals surface area contributed by atoms with Gasteiger partial charge in [0.05, 0.1) is 7.11 Å². The normalized spacial score (nSPS) is 12.4. The van der Waals surface area contributed by atoms with Crippen molar-refractivity contribution in [3.8, 4) is 28.5 Å². The van der Waals surface area contributed by atoms with E-state index in [-0.39, 0.29) is 0 Å². The fourth-order valence-electron chi connectivity index (χ4n) is 2.76. The van der Waals surface area contributed by atoms with E-state index in [4.69, 9.17) is 18.7 Å². The molecule has 3 aromatic rings. The number of quaternary nitrogens is 1. The van der Waals surface area contributed by atoms with Gasteiger partial charge in [0, 0.05) is 17.2 Å². The van der Waals surface area contributed by atoms with Gasteiger partial charge in [0.15, 0.2) is 17.3 Å². The molecule has 0 fully saturated rings. The van der Waals surface area contributed by atoms with Gasteiger partial charge in [0.25, 0.3) is 0 Å². The van der Waals surface area contributed by atoms with Gasteiger partial charge in [0.1, 0.15) is 24.5 Å². The Kier molecular flexibility index (Phi) is 4.26. The summed E-state index contributed by atoms with van der Waals surface area (Å²) in [5.74, 6) is 3.28. The zero-order valence-electron chi connectivity index (χ0n) is 13.9. The van der Waals surface area contributed by atoms with Gasteiger partial charge < -0.3 is 24.1 Å². The van der Waals surface area contributed by atoms with E-state index >= 15 is 0 Å². The molecule has 2 heterocycles. The van der Waals surface area contributed by atoms with Crippen LogP contribution in [0.2, 0.25) is 0 Å². The number of benzene rings is 2. The summed E-state index contributed by atoms with van der Waals surface area (Å²) in [4.78, 5) is 0. The Balaban J connectivity index is 1.35. The van der Waals surface area contributed by atoms with Crippen molar-refractivity contribution in [2.24, 2.45) is 0 Å². The van der Waals surface area contributed by atoms with Gasteiger partial charge in [-0.1, -0.05) is 5.16 Å². The summed E-state index contributed by atoms with van der Waals surface area (Å²) in [6, 6.07) is 15.7. The molecule has 0 unspecified atom stereocenters. The van der Waals surface area contributed by atoms with Gasteiger partial charge in [-0.3, -0.25) is 0 Å². The van der Waals surface area contributed by atoms with E-state index in [2.05, 4.69) is 10.5 Å². The third-order valence-electron chi connectivity index (χ3n) is 4.11. The molecule has 2 aromatic carbocycles. The van der Waals surface area contributed by atoms with Crippen molar-refractivity contribution >= 4 is 0 Å². The van der Waals surface area contributed by atoms with Crippen molar-refractivity contribution in [2.75, 3.05) is 13.9 Å². The minimum Gasteiger partial charge on any atom is -0.497 e. The highest BCUT2D eigenvalue weighted by Crippen LogP contribution is 2.32. The Morgan fingerprint density at radius 2 is 1.84 bits per heavy atom. The van der Waals surface area contributed by atoms with Gasteiger partial charge in [-0.05, 0) is 42.5 Å². The first kappa shape index (κ1) is 15.5. The van der Waals surface area contributed by atoms with Crippen LogP contribution in [0.25, 0.3) is 11.3 Å². The first-order valence-electron chi connectivity index (χ1n) is 8.12. The van der Waals surface area contributed by atoms with E-state index in [1.807, 2.05) is 48.5 Å². The van der Waals surface area contributed by atoms with Gasteiger partial charge in [-0.2, -0.15) is 0 Å². The number of aromatic nitrogens is 1. The molecule has 1 aliphatic heterocycles. The minimum atomic E-state index is 0.300. The molecule has 6 heteroatoms. The molecule has 0 saturated heterocycles. The Labute approximate surface area is 145 Å². The van der Waals surface area contributed by atoms with E-state index in [1.165, 1.54) is 5.56 Å². The summed E-state index contributed by atoms with van der Waals surface area (Å²) < 4.78 is 21.3. The Hall–Kier alpha value is -2.99. The van der Waals surface area contributed by atoms with E-state index < -0.39 is 0 Å². The van der Waals surface area contributed by atoms with Crippen LogP contribution in [0.4, 0.5) is 0 Å². The number of fused-ring (bicyclic) bond motifs is 1. The average Bonchev–Trinajstić information content (AvgIpc) is 3.31. The average molecular weight is 339 g/mol. The second-order valence-electron chi connectivity index (χ2n) is 5.79. The van der Waals surface area contributed by atoms with Crippen molar-refractivity contribution in [1.82, 2.24) is 5.16 Å². The molecule has 0 amide bonds. The van der Waals surface area contributed by atoms with Gasteiger partial charge in [-0.25, -0.2) is 0 Å². The second kappa shape index (κ2) is 6.86. The van der Waals surface area contributed by atoms with Gasteiger partial charge >= 0.3 is 0 Å². The smallest absolute Gasteiger partial charge is 0.231 e. The molecule has 1 aliphatic rings. The van der Waals surface area contributed by atoms with Crippen molar-refractivity contribution < 1.29 is 24.1 Å². The lowest BCUT2D eigenvalue weighted by atomic mass is 10.1. The lowest BCUT2D eigenvalue weighted by molar-refractivity contribution is -0.688. The van der Waals surface area contributed by atoms with Crippen LogP contribution in [0.1, 0.15) is 11.3 Å². The quantitative estimate of drug-likeness (QED) is 0.746. The highest BCUT2D eigenvalue weighted by Gasteiger charge is 2.14. The van der Waals surface area contributed by atoms with Crippen LogP contribution < -0.4 is 19.5 Å². The number of nitrogens with two attached hydrogens (primary N) is 1. The Morgan fingerprint density at radius 3 is 2.68 bits per heavy atom. The maximum atomic E-state index is 5.43. The summed E-state index contributed by atoms with van der Waals surface area (Å²) in [5.41, 5.74) is 3.01. The number of hydrogen-bond acceptors (Lipinski definition) is 5. The van der Waals surface area contributed by atoms with E-state index in [0.717, 1.165) is 47.4 Å². The Morgan fingerprint density at radius 1 is 1.00 bits per heavy atom. The number of ether oxygens (including phenoxy) is 3. The molecule has 2 N–H and O–H groups in total. The van der Waals surface area contributed by atoms with Crippen LogP contribution >= 0.6 is 0 Å². The predicted molar refractivity (Wildman–Crippen MR) is 90.4 cm³/mol. The summed E-state index contributed by atoms with van der Waals surface area (Å²) >= 11 is 0. The van der Waals surface area contributed by atoms with E-state index in [1.54, 1.807) is 7.11 Å². The third kappa shape index (κ3) is 3.44. The second-order valence-corrected chi connectivity index (χ2v) is 5.79. The van der Waals surface area contributed by atoms with Crippen LogP contribution in [0.5, 0.6) is 17.2 Å². The summed E-state index contributed by atoms with van der Waals surface area (Å²) in [5, 5.41) is 6.31. The van der Waals surface area contributed by atoms with Crippen LogP contribution in [-0.2, 0) is 13.1 Å². The maximum absolute atomic E-state index is 5.43. The van der Waals surface area contributed by atoms with Crippen molar-refractivity contribution in [1.29, 1.82) is 0 Å². The molecule has 0 saturated carbocycles. The monoisotopic (exact) mass is 339 g/mol. The molecule has 128 valence electrons. The molecule has 1 aromatic heterocycles. The first-order valence-corrected chi connectivity index (χ1v) is 8.12. The zero-order valence-corrected chi connectivity index (χ0v) is 13.9. The summed E-state index contributed by atoms with van der Waals surface area (Å²) in [6.45, 7) is 1.85. The third-order valence-corrected chi connectivity index (χ3v) is 4.11. The molecule has 25 heavy (non-hydrogen) atoms. The molecule has 6 nitrogen and oxygen atoms in total. The number of methoxy groups -OCH3 is 1. The molecular formula is C19H19N2O4+. The van der Waals surface area contributed by atoms with Gasteiger partial charge in [0.2, 0.25) is 6.79 Å². The maximum Gasteiger partial charge on any atom is 0.231 e. The first-order chi connectivity index (χ1) is 12.3.